The highest BCUT2D eigenvalue weighted by Gasteiger charge is 2.28. The molecule has 0 amide bonds. The number of furan rings is 1. The Balaban J connectivity index is 0.00000272. The maximum Gasteiger partial charge on any atom is 0.194 e. The van der Waals surface area contributed by atoms with E-state index < -0.39 is 0 Å². The van der Waals surface area contributed by atoms with Crippen LogP contribution in [-0.2, 0) is 11.2 Å². The van der Waals surface area contributed by atoms with Gasteiger partial charge in [-0.3, -0.25) is 9.89 Å². The van der Waals surface area contributed by atoms with Gasteiger partial charge >= 0.3 is 0 Å². The van der Waals surface area contributed by atoms with Gasteiger partial charge in [-0.2, -0.15) is 0 Å². The fraction of sp³-hybridized carbons (Fsp3) is 0.542. The second-order valence-electron chi connectivity index (χ2n) is 8.33. The third kappa shape index (κ3) is 7.22. The van der Waals surface area contributed by atoms with Crippen molar-refractivity contribution in [3.63, 3.8) is 0 Å². The van der Waals surface area contributed by atoms with E-state index in [0.717, 1.165) is 70.6 Å². The van der Waals surface area contributed by atoms with Crippen molar-refractivity contribution in [1.29, 1.82) is 0 Å². The van der Waals surface area contributed by atoms with Crippen LogP contribution in [0, 0.1) is 5.92 Å². The maximum atomic E-state index is 5.50. The number of nitrogens with one attached hydrogen (secondary N) is 1. The van der Waals surface area contributed by atoms with E-state index in [9.17, 15) is 0 Å². The van der Waals surface area contributed by atoms with Gasteiger partial charge in [0.15, 0.2) is 5.96 Å². The van der Waals surface area contributed by atoms with Gasteiger partial charge in [-0.25, -0.2) is 0 Å². The summed E-state index contributed by atoms with van der Waals surface area (Å²) < 4.78 is 11.0. The molecule has 2 atom stereocenters. The van der Waals surface area contributed by atoms with Crippen molar-refractivity contribution in [3.05, 3.63) is 60.1 Å². The van der Waals surface area contributed by atoms with Crippen molar-refractivity contribution in [2.24, 2.45) is 10.9 Å². The highest BCUT2D eigenvalue weighted by Crippen LogP contribution is 2.20. The smallest absolute Gasteiger partial charge is 0.194 e. The predicted molar refractivity (Wildman–Crippen MR) is 135 cm³/mol. The van der Waals surface area contributed by atoms with Crippen molar-refractivity contribution < 1.29 is 9.15 Å². The SMILES string of the molecule is CC(NC(=NCCc1ccco1)N1CCC(CN2CCOCC2)C1)c1ccccc1.I. The molecule has 2 fully saturated rings. The summed E-state index contributed by atoms with van der Waals surface area (Å²) in [6.07, 6.45) is 3.77. The van der Waals surface area contributed by atoms with Crippen LogP contribution < -0.4 is 5.32 Å². The Morgan fingerprint density at radius 1 is 1.13 bits per heavy atom. The first kappa shape index (κ1) is 24.1. The molecule has 31 heavy (non-hydrogen) atoms. The summed E-state index contributed by atoms with van der Waals surface area (Å²) in [5, 5.41) is 3.69. The molecule has 4 rings (SSSR count). The van der Waals surface area contributed by atoms with Crippen LogP contribution >= 0.6 is 24.0 Å². The summed E-state index contributed by atoms with van der Waals surface area (Å²) in [6.45, 7) is 10.1. The van der Waals surface area contributed by atoms with Gasteiger partial charge in [0.1, 0.15) is 5.76 Å². The van der Waals surface area contributed by atoms with E-state index in [1.165, 1.54) is 12.0 Å². The van der Waals surface area contributed by atoms with Crippen LogP contribution in [0.5, 0.6) is 0 Å². The van der Waals surface area contributed by atoms with E-state index in [1.807, 2.05) is 12.1 Å². The van der Waals surface area contributed by atoms with Crippen molar-refractivity contribution >= 4 is 29.9 Å². The van der Waals surface area contributed by atoms with Gasteiger partial charge in [0, 0.05) is 45.7 Å². The molecule has 2 aromatic rings. The highest BCUT2D eigenvalue weighted by atomic mass is 127. The second-order valence-corrected chi connectivity index (χ2v) is 8.33. The number of aliphatic imine (C=N–C) groups is 1. The van der Waals surface area contributed by atoms with Crippen LogP contribution in [0.3, 0.4) is 0 Å². The average molecular weight is 538 g/mol. The molecule has 7 heteroatoms. The Labute approximate surface area is 203 Å². The largest absolute Gasteiger partial charge is 0.469 e. The van der Waals surface area contributed by atoms with E-state index in [4.69, 9.17) is 14.1 Å². The van der Waals surface area contributed by atoms with E-state index in [-0.39, 0.29) is 30.0 Å². The molecule has 0 bridgehead atoms. The van der Waals surface area contributed by atoms with Crippen LogP contribution in [0.4, 0.5) is 0 Å². The number of hydrogen-bond acceptors (Lipinski definition) is 4. The quantitative estimate of drug-likeness (QED) is 0.330. The van der Waals surface area contributed by atoms with Crippen LogP contribution in [-0.4, -0.2) is 68.2 Å². The molecule has 0 aliphatic carbocycles. The Morgan fingerprint density at radius 2 is 1.94 bits per heavy atom. The van der Waals surface area contributed by atoms with Crippen LogP contribution in [0.25, 0.3) is 0 Å². The molecule has 6 nitrogen and oxygen atoms in total. The molecule has 1 aromatic heterocycles. The molecule has 1 N–H and O–H groups in total. The number of ether oxygens (including phenoxy) is 1. The number of hydrogen-bond donors (Lipinski definition) is 1. The maximum absolute atomic E-state index is 5.50. The third-order valence-corrected chi connectivity index (χ3v) is 6.05. The van der Waals surface area contributed by atoms with Gasteiger partial charge in [0.2, 0.25) is 0 Å². The lowest BCUT2D eigenvalue weighted by molar-refractivity contribution is 0.0315. The van der Waals surface area contributed by atoms with E-state index in [1.54, 1.807) is 6.26 Å². The predicted octanol–water partition coefficient (Wildman–Crippen LogP) is 3.80. The summed E-state index contributed by atoms with van der Waals surface area (Å²) in [5.74, 6) is 2.69. The van der Waals surface area contributed by atoms with Crippen LogP contribution in [0.1, 0.15) is 30.7 Å². The highest BCUT2D eigenvalue weighted by molar-refractivity contribution is 14.0. The van der Waals surface area contributed by atoms with Crippen molar-refractivity contribution in [3.8, 4) is 0 Å². The molecule has 0 radical (unpaired) electrons. The molecule has 2 saturated heterocycles. The summed E-state index contributed by atoms with van der Waals surface area (Å²) in [4.78, 5) is 9.95. The number of halogens is 1. The molecule has 3 heterocycles. The third-order valence-electron chi connectivity index (χ3n) is 6.05. The normalized spacial score (nSPS) is 21.0. The number of likely N-dealkylation sites (tertiary alicyclic amines) is 1. The number of guanidine groups is 1. The van der Waals surface area contributed by atoms with Crippen molar-refractivity contribution in [2.75, 3.05) is 52.5 Å². The van der Waals surface area contributed by atoms with Crippen LogP contribution in [0.15, 0.2) is 58.1 Å². The molecule has 2 aliphatic heterocycles. The van der Waals surface area contributed by atoms with Crippen molar-refractivity contribution in [2.45, 2.75) is 25.8 Å². The number of rotatable bonds is 7. The number of nitrogens with zero attached hydrogens (tertiary/aromatic N) is 3. The molecule has 2 aliphatic rings. The minimum atomic E-state index is 0. The minimum absolute atomic E-state index is 0. The number of benzene rings is 1. The molecule has 170 valence electrons. The van der Waals surface area contributed by atoms with E-state index >= 15 is 0 Å². The number of morpholine rings is 1. The molecule has 2 unspecified atom stereocenters. The lowest BCUT2D eigenvalue weighted by Crippen LogP contribution is -2.43. The summed E-state index contributed by atoms with van der Waals surface area (Å²) >= 11 is 0. The first-order valence-electron chi connectivity index (χ1n) is 11.2. The van der Waals surface area contributed by atoms with Gasteiger partial charge in [0.05, 0.1) is 25.5 Å². The standard InChI is InChI=1S/C24H34N4O2.HI/c1-20(22-6-3-2-4-7-22)26-24(25-11-9-23-8-5-15-30-23)28-12-10-21(19-28)18-27-13-16-29-17-14-27;/h2-8,15,20-21H,9-14,16-19H2,1H3,(H,25,26);1H. The fourth-order valence-electron chi connectivity index (χ4n) is 4.31. The lowest BCUT2D eigenvalue weighted by Gasteiger charge is -2.29. The molecular weight excluding hydrogens is 503 g/mol. The summed E-state index contributed by atoms with van der Waals surface area (Å²) in [6, 6.07) is 14.8. The fourth-order valence-corrected chi connectivity index (χ4v) is 4.31. The van der Waals surface area contributed by atoms with Gasteiger partial charge in [-0.05, 0) is 37.0 Å². The lowest BCUT2D eigenvalue weighted by atomic mass is 10.1. The van der Waals surface area contributed by atoms with E-state index in [2.05, 4.69) is 52.4 Å². The zero-order valence-corrected chi connectivity index (χ0v) is 20.7. The average Bonchev–Trinajstić information content (AvgIpc) is 3.47. The van der Waals surface area contributed by atoms with Gasteiger partial charge in [0.25, 0.3) is 0 Å². The van der Waals surface area contributed by atoms with Crippen molar-refractivity contribution in [1.82, 2.24) is 15.1 Å². The first-order valence-corrected chi connectivity index (χ1v) is 11.2. The monoisotopic (exact) mass is 538 g/mol. The molecule has 0 saturated carbocycles. The minimum Gasteiger partial charge on any atom is -0.469 e. The molecule has 1 aromatic carbocycles. The van der Waals surface area contributed by atoms with Crippen LogP contribution in [0.2, 0.25) is 0 Å². The summed E-state index contributed by atoms with van der Waals surface area (Å²) in [7, 11) is 0. The first-order chi connectivity index (χ1) is 14.8. The topological polar surface area (TPSA) is 53.2 Å². The van der Waals surface area contributed by atoms with E-state index in [0.29, 0.717) is 5.92 Å². The Hall–Kier alpha value is -1.58. The zero-order chi connectivity index (χ0) is 20.6. The zero-order valence-electron chi connectivity index (χ0n) is 18.4. The Kier molecular flexibility index (Phi) is 9.67. The molecule has 0 spiro atoms. The molecular formula is C24H35IN4O2. The second kappa shape index (κ2) is 12.5. The van der Waals surface area contributed by atoms with Gasteiger partial charge in [-0.15, -0.1) is 24.0 Å². The Morgan fingerprint density at radius 3 is 2.68 bits per heavy atom. The Bertz CT molecular complexity index is 778. The van der Waals surface area contributed by atoms with Gasteiger partial charge < -0.3 is 19.4 Å². The van der Waals surface area contributed by atoms with Gasteiger partial charge in [-0.1, -0.05) is 30.3 Å². The summed E-state index contributed by atoms with van der Waals surface area (Å²) in [5.41, 5.74) is 1.28.